The van der Waals surface area contributed by atoms with E-state index in [-0.39, 0.29) is 5.56 Å². The van der Waals surface area contributed by atoms with E-state index in [1.165, 1.54) is 11.1 Å². The Bertz CT molecular complexity index is 1120. The molecule has 0 radical (unpaired) electrons. The third-order valence-electron chi connectivity index (χ3n) is 4.93. The Morgan fingerprint density at radius 1 is 0.793 bits per heavy atom. The third kappa shape index (κ3) is 4.92. The second-order valence-corrected chi connectivity index (χ2v) is 7.02. The van der Waals surface area contributed by atoms with E-state index in [2.05, 4.69) is 40.6 Å². The lowest BCUT2D eigenvalue weighted by Crippen LogP contribution is -2.17. The second kappa shape index (κ2) is 9.22. The fourth-order valence-electron chi connectivity index (χ4n) is 3.41. The minimum atomic E-state index is -0.124. The quantitative estimate of drug-likeness (QED) is 0.442. The van der Waals surface area contributed by atoms with Crippen molar-refractivity contribution in [3.8, 4) is 5.75 Å². The Morgan fingerprint density at radius 2 is 1.52 bits per heavy atom. The largest absolute Gasteiger partial charge is 0.487 e. The summed E-state index contributed by atoms with van der Waals surface area (Å²) in [6.07, 6.45) is 0.869. The summed E-state index contributed by atoms with van der Waals surface area (Å²) in [5, 5.41) is 4.51. The number of fused-ring (bicyclic) bond motifs is 1. The van der Waals surface area contributed by atoms with Gasteiger partial charge in [0.1, 0.15) is 12.4 Å². The van der Waals surface area contributed by atoms with Gasteiger partial charge in [-0.1, -0.05) is 66.7 Å². The summed E-state index contributed by atoms with van der Waals surface area (Å²) in [4.78, 5) is 14.9. The molecule has 4 rings (SSSR count). The van der Waals surface area contributed by atoms with E-state index in [4.69, 9.17) is 4.74 Å². The summed E-state index contributed by atoms with van der Waals surface area (Å²) < 4.78 is 6.01. The van der Waals surface area contributed by atoms with Gasteiger partial charge in [-0.2, -0.15) is 0 Å². The van der Waals surface area contributed by atoms with E-state index in [1.807, 2.05) is 48.5 Å². The molecule has 0 aliphatic heterocycles. The first-order chi connectivity index (χ1) is 14.3. The number of nitrogens with one attached hydrogen (secondary N) is 2. The van der Waals surface area contributed by atoms with Crippen LogP contribution < -0.4 is 15.6 Å². The molecule has 3 aromatic carbocycles. The van der Waals surface area contributed by atoms with E-state index < -0.39 is 0 Å². The van der Waals surface area contributed by atoms with E-state index >= 15 is 0 Å². The van der Waals surface area contributed by atoms with Gasteiger partial charge in [0, 0.05) is 18.0 Å². The lowest BCUT2D eigenvalue weighted by Gasteiger charge is -2.13. The normalized spacial score (nSPS) is 10.9. The van der Waals surface area contributed by atoms with Gasteiger partial charge < -0.3 is 15.0 Å². The number of rotatable bonds is 8. The van der Waals surface area contributed by atoms with Crippen LogP contribution in [0.5, 0.6) is 5.75 Å². The summed E-state index contributed by atoms with van der Waals surface area (Å²) in [5.41, 5.74) is 4.18. The summed E-state index contributed by atoms with van der Waals surface area (Å²) in [6.45, 7) is 2.16. The smallest absolute Gasteiger partial charge is 0.248 e. The van der Waals surface area contributed by atoms with Gasteiger partial charge in [-0.25, -0.2) is 0 Å². The van der Waals surface area contributed by atoms with Gasteiger partial charge in [-0.3, -0.25) is 4.79 Å². The predicted octanol–water partition coefficient (Wildman–Crippen LogP) is 4.44. The SMILES string of the molecule is O=c1ccc2c(CCNCc3ccccc3)ccc(OCc3ccccc3)c2[nH]1. The van der Waals surface area contributed by atoms with Crippen molar-refractivity contribution in [1.29, 1.82) is 0 Å². The first kappa shape index (κ1) is 19.0. The molecule has 0 saturated carbocycles. The molecule has 0 aliphatic carbocycles. The molecule has 4 heteroatoms. The summed E-state index contributed by atoms with van der Waals surface area (Å²) in [7, 11) is 0. The molecule has 2 N–H and O–H groups in total. The maximum atomic E-state index is 11.9. The van der Waals surface area contributed by atoms with E-state index in [0.29, 0.717) is 12.4 Å². The molecule has 0 saturated heterocycles. The molecule has 4 aromatic rings. The lowest BCUT2D eigenvalue weighted by molar-refractivity contribution is 0.309. The van der Waals surface area contributed by atoms with Crippen LogP contribution in [0.4, 0.5) is 0 Å². The highest BCUT2D eigenvalue weighted by molar-refractivity contribution is 5.87. The molecular weight excluding hydrogens is 360 g/mol. The van der Waals surface area contributed by atoms with Crippen LogP contribution in [-0.4, -0.2) is 11.5 Å². The predicted molar refractivity (Wildman–Crippen MR) is 117 cm³/mol. The van der Waals surface area contributed by atoms with Gasteiger partial charge in [0.2, 0.25) is 5.56 Å². The molecule has 29 heavy (non-hydrogen) atoms. The molecule has 146 valence electrons. The Morgan fingerprint density at radius 3 is 2.28 bits per heavy atom. The minimum absolute atomic E-state index is 0.124. The van der Waals surface area contributed by atoms with E-state index in [0.717, 1.165) is 36.0 Å². The lowest BCUT2D eigenvalue weighted by atomic mass is 10.0. The first-order valence-corrected chi connectivity index (χ1v) is 9.86. The fraction of sp³-hybridized carbons (Fsp3) is 0.160. The number of hydrogen-bond donors (Lipinski definition) is 2. The molecule has 0 bridgehead atoms. The molecule has 0 fully saturated rings. The number of ether oxygens (including phenoxy) is 1. The Hall–Kier alpha value is -3.37. The maximum absolute atomic E-state index is 11.9. The molecule has 1 aromatic heterocycles. The fourth-order valence-corrected chi connectivity index (χ4v) is 3.41. The molecule has 0 amide bonds. The summed E-state index contributed by atoms with van der Waals surface area (Å²) in [6, 6.07) is 27.9. The number of H-pyrrole nitrogens is 1. The molecule has 0 spiro atoms. The molecule has 0 atom stereocenters. The van der Waals surface area contributed by atoms with Gasteiger partial charge >= 0.3 is 0 Å². The van der Waals surface area contributed by atoms with Gasteiger partial charge in [0.25, 0.3) is 0 Å². The second-order valence-electron chi connectivity index (χ2n) is 7.02. The highest BCUT2D eigenvalue weighted by Gasteiger charge is 2.09. The molecule has 4 nitrogen and oxygen atoms in total. The van der Waals surface area contributed by atoms with Crippen molar-refractivity contribution in [3.63, 3.8) is 0 Å². The number of aromatic amines is 1. The Labute approximate surface area is 170 Å². The zero-order chi connectivity index (χ0) is 19.9. The highest BCUT2D eigenvalue weighted by atomic mass is 16.5. The standard InChI is InChI=1S/C25H24N2O2/c28-24-14-12-22-21(15-16-26-17-19-7-3-1-4-8-19)11-13-23(25(22)27-24)29-18-20-9-5-2-6-10-20/h1-14,26H,15-18H2,(H,27,28). The Kier molecular flexibility index (Phi) is 6.03. The number of hydrogen-bond acceptors (Lipinski definition) is 3. The number of aromatic nitrogens is 1. The average molecular weight is 384 g/mol. The highest BCUT2D eigenvalue weighted by Crippen LogP contribution is 2.27. The molecule has 0 aliphatic rings. The van der Waals surface area contributed by atoms with E-state index in [9.17, 15) is 4.79 Å². The van der Waals surface area contributed by atoms with Crippen molar-refractivity contribution in [3.05, 3.63) is 112 Å². The van der Waals surface area contributed by atoms with Crippen molar-refractivity contribution >= 4 is 10.9 Å². The summed E-state index contributed by atoms with van der Waals surface area (Å²) >= 11 is 0. The van der Waals surface area contributed by atoms with Crippen molar-refractivity contribution in [2.45, 2.75) is 19.6 Å². The van der Waals surface area contributed by atoms with Gasteiger partial charge in [0.05, 0.1) is 5.52 Å². The van der Waals surface area contributed by atoms with Crippen LogP contribution in [0.15, 0.2) is 89.7 Å². The minimum Gasteiger partial charge on any atom is -0.487 e. The van der Waals surface area contributed by atoms with Crippen LogP contribution in [0.3, 0.4) is 0 Å². The van der Waals surface area contributed by atoms with Crippen molar-refractivity contribution in [1.82, 2.24) is 10.3 Å². The number of benzene rings is 3. The maximum Gasteiger partial charge on any atom is 0.248 e. The van der Waals surface area contributed by atoms with Crippen molar-refractivity contribution in [2.75, 3.05) is 6.54 Å². The van der Waals surface area contributed by atoms with Gasteiger partial charge in [0.15, 0.2) is 0 Å². The van der Waals surface area contributed by atoms with E-state index in [1.54, 1.807) is 6.07 Å². The van der Waals surface area contributed by atoms with Crippen molar-refractivity contribution in [2.24, 2.45) is 0 Å². The molecule has 1 heterocycles. The van der Waals surface area contributed by atoms with Crippen LogP contribution >= 0.6 is 0 Å². The van der Waals surface area contributed by atoms with Gasteiger partial charge in [-0.15, -0.1) is 0 Å². The summed E-state index contributed by atoms with van der Waals surface area (Å²) in [5.74, 6) is 0.697. The number of pyridine rings is 1. The van der Waals surface area contributed by atoms with Crippen LogP contribution in [0.1, 0.15) is 16.7 Å². The zero-order valence-corrected chi connectivity index (χ0v) is 16.2. The molecule has 0 unspecified atom stereocenters. The zero-order valence-electron chi connectivity index (χ0n) is 16.2. The monoisotopic (exact) mass is 384 g/mol. The molecular formula is C25H24N2O2. The first-order valence-electron chi connectivity index (χ1n) is 9.86. The van der Waals surface area contributed by atoms with Crippen LogP contribution in [0.25, 0.3) is 10.9 Å². The van der Waals surface area contributed by atoms with Gasteiger partial charge in [-0.05, 0) is 41.8 Å². The van der Waals surface area contributed by atoms with Crippen LogP contribution in [0, 0.1) is 0 Å². The average Bonchev–Trinajstić information content (AvgIpc) is 2.77. The van der Waals surface area contributed by atoms with Crippen molar-refractivity contribution < 1.29 is 4.74 Å². The van der Waals surface area contributed by atoms with Crippen LogP contribution in [0.2, 0.25) is 0 Å². The van der Waals surface area contributed by atoms with Crippen LogP contribution in [-0.2, 0) is 19.6 Å². The Balaban J connectivity index is 1.47. The third-order valence-corrected chi connectivity index (χ3v) is 4.93. The topological polar surface area (TPSA) is 54.1 Å².